The van der Waals surface area contributed by atoms with Crippen molar-refractivity contribution >= 4 is 11.8 Å². The standard InChI is InChI=1S/C23H20N2O3/c1-17-23(2,28-22(26)25(17)24-19-9-5-3-6-10-19)18-13-15-21(16-14-18)27-20-11-7-4-8-12-20/h3-16,24H,1H2,2H3. The second kappa shape index (κ2) is 7.12. The SMILES string of the molecule is C=C1N(Nc2ccccc2)C(=O)OC1(C)c1ccc(Oc2ccccc2)cc1. The lowest BCUT2D eigenvalue weighted by Gasteiger charge is -2.25. The van der Waals surface area contributed by atoms with E-state index in [4.69, 9.17) is 9.47 Å². The van der Waals surface area contributed by atoms with Crippen molar-refractivity contribution in [1.29, 1.82) is 0 Å². The number of hydrazine groups is 1. The summed E-state index contributed by atoms with van der Waals surface area (Å²) in [6.07, 6.45) is -0.499. The highest BCUT2D eigenvalue weighted by molar-refractivity contribution is 5.77. The Hall–Kier alpha value is -3.73. The zero-order valence-electron chi connectivity index (χ0n) is 15.5. The number of ether oxygens (including phenoxy) is 2. The van der Waals surface area contributed by atoms with Gasteiger partial charge in [0, 0.05) is 5.56 Å². The number of para-hydroxylation sites is 2. The number of amides is 1. The van der Waals surface area contributed by atoms with Gasteiger partial charge in [0.15, 0.2) is 5.60 Å². The fraction of sp³-hybridized carbons (Fsp3) is 0.0870. The van der Waals surface area contributed by atoms with Crippen molar-refractivity contribution in [3.8, 4) is 11.5 Å². The minimum absolute atomic E-state index is 0.499. The molecule has 1 aliphatic rings. The Morgan fingerprint density at radius 3 is 2.11 bits per heavy atom. The van der Waals surface area contributed by atoms with Crippen LogP contribution in [0, 0.1) is 0 Å². The first-order valence-electron chi connectivity index (χ1n) is 8.94. The van der Waals surface area contributed by atoms with Crippen molar-refractivity contribution in [2.24, 2.45) is 0 Å². The van der Waals surface area contributed by atoms with Gasteiger partial charge in [-0.15, -0.1) is 0 Å². The van der Waals surface area contributed by atoms with Crippen LogP contribution < -0.4 is 10.2 Å². The summed E-state index contributed by atoms with van der Waals surface area (Å²) < 4.78 is 11.5. The van der Waals surface area contributed by atoms with Crippen molar-refractivity contribution in [3.63, 3.8) is 0 Å². The lowest BCUT2D eigenvalue weighted by atomic mass is 9.93. The number of cyclic esters (lactones) is 1. The minimum Gasteiger partial charge on any atom is -0.457 e. The largest absolute Gasteiger partial charge is 0.457 e. The van der Waals surface area contributed by atoms with Gasteiger partial charge in [0.2, 0.25) is 0 Å². The molecule has 3 aromatic carbocycles. The van der Waals surface area contributed by atoms with E-state index in [1.54, 1.807) is 0 Å². The number of hydrogen-bond acceptors (Lipinski definition) is 4. The second-order valence-corrected chi connectivity index (χ2v) is 6.60. The molecule has 140 valence electrons. The summed E-state index contributed by atoms with van der Waals surface area (Å²) in [6.45, 7) is 5.91. The predicted molar refractivity (Wildman–Crippen MR) is 108 cm³/mol. The number of benzene rings is 3. The first kappa shape index (κ1) is 17.7. The molecular weight excluding hydrogens is 352 g/mol. The normalized spacial score (nSPS) is 18.7. The average molecular weight is 372 g/mol. The Morgan fingerprint density at radius 2 is 1.46 bits per heavy atom. The highest BCUT2D eigenvalue weighted by Gasteiger charge is 2.47. The molecule has 3 aromatic rings. The molecule has 0 spiro atoms. The lowest BCUT2D eigenvalue weighted by molar-refractivity contribution is 0.0808. The molecule has 1 amide bonds. The fourth-order valence-corrected chi connectivity index (χ4v) is 3.05. The first-order valence-corrected chi connectivity index (χ1v) is 8.94. The van der Waals surface area contributed by atoms with Crippen LogP contribution in [-0.4, -0.2) is 11.1 Å². The summed E-state index contributed by atoms with van der Waals surface area (Å²) in [7, 11) is 0. The summed E-state index contributed by atoms with van der Waals surface area (Å²) in [5.41, 5.74) is 4.17. The first-order chi connectivity index (χ1) is 13.6. The van der Waals surface area contributed by atoms with Crippen molar-refractivity contribution in [2.75, 3.05) is 5.43 Å². The summed E-state index contributed by atoms with van der Waals surface area (Å²) in [6, 6.07) is 26.4. The molecule has 0 bridgehead atoms. The molecule has 5 heteroatoms. The third-order valence-corrected chi connectivity index (χ3v) is 4.69. The maximum absolute atomic E-state index is 12.4. The summed E-state index contributed by atoms with van der Waals surface area (Å²) in [4.78, 5) is 12.4. The van der Waals surface area contributed by atoms with Gasteiger partial charge in [-0.05, 0) is 43.3 Å². The molecule has 1 unspecified atom stereocenters. The topological polar surface area (TPSA) is 50.8 Å². The van der Waals surface area contributed by atoms with Crippen molar-refractivity contribution in [1.82, 2.24) is 5.01 Å². The van der Waals surface area contributed by atoms with Crippen LogP contribution in [0.5, 0.6) is 11.5 Å². The number of hydrogen-bond donors (Lipinski definition) is 1. The Balaban J connectivity index is 1.53. The highest BCUT2D eigenvalue weighted by Crippen LogP contribution is 2.41. The van der Waals surface area contributed by atoms with Gasteiger partial charge < -0.3 is 9.47 Å². The Morgan fingerprint density at radius 1 is 0.893 bits per heavy atom. The maximum Gasteiger partial charge on any atom is 0.434 e. The van der Waals surface area contributed by atoms with Gasteiger partial charge in [-0.1, -0.05) is 55.1 Å². The zero-order valence-corrected chi connectivity index (χ0v) is 15.5. The van der Waals surface area contributed by atoms with E-state index < -0.39 is 11.7 Å². The molecule has 0 aliphatic carbocycles. The molecule has 1 N–H and O–H groups in total. The lowest BCUT2D eigenvalue weighted by Crippen LogP contribution is -2.30. The van der Waals surface area contributed by atoms with Gasteiger partial charge in [-0.25, -0.2) is 4.79 Å². The van der Waals surface area contributed by atoms with Crippen molar-refractivity contribution in [2.45, 2.75) is 12.5 Å². The third-order valence-electron chi connectivity index (χ3n) is 4.69. The Kier molecular flexibility index (Phi) is 4.49. The van der Waals surface area contributed by atoms with E-state index in [9.17, 15) is 4.79 Å². The van der Waals surface area contributed by atoms with Crippen LogP contribution in [0.3, 0.4) is 0 Å². The van der Waals surface area contributed by atoms with E-state index in [0.717, 1.165) is 17.0 Å². The number of carbonyl (C=O) groups excluding carboxylic acids is 1. The van der Waals surface area contributed by atoms with Gasteiger partial charge in [-0.2, -0.15) is 5.01 Å². The molecule has 0 radical (unpaired) electrons. The van der Waals surface area contributed by atoms with Crippen LogP contribution in [0.4, 0.5) is 10.5 Å². The summed E-state index contributed by atoms with van der Waals surface area (Å²) in [5.74, 6) is 1.46. The Labute approximate surface area is 163 Å². The number of rotatable bonds is 5. The minimum atomic E-state index is -0.968. The van der Waals surface area contributed by atoms with Gasteiger partial charge in [0.25, 0.3) is 0 Å². The van der Waals surface area contributed by atoms with E-state index in [1.807, 2.05) is 91.9 Å². The molecule has 0 aromatic heterocycles. The smallest absolute Gasteiger partial charge is 0.434 e. The Bertz CT molecular complexity index is 987. The molecule has 1 aliphatic heterocycles. The average Bonchev–Trinajstić information content (AvgIpc) is 2.94. The van der Waals surface area contributed by atoms with Crippen LogP contribution in [0.1, 0.15) is 12.5 Å². The van der Waals surface area contributed by atoms with Crippen LogP contribution >= 0.6 is 0 Å². The van der Waals surface area contributed by atoms with E-state index in [1.165, 1.54) is 5.01 Å². The van der Waals surface area contributed by atoms with E-state index in [0.29, 0.717) is 11.4 Å². The number of anilines is 1. The molecule has 1 saturated heterocycles. The van der Waals surface area contributed by atoms with E-state index in [-0.39, 0.29) is 0 Å². The molecule has 1 atom stereocenters. The predicted octanol–water partition coefficient (Wildman–Crippen LogP) is 5.69. The quantitative estimate of drug-likeness (QED) is 0.625. The third kappa shape index (κ3) is 3.30. The van der Waals surface area contributed by atoms with Crippen LogP contribution in [0.2, 0.25) is 0 Å². The van der Waals surface area contributed by atoms with Gasteiger partial charge >= 0.3 is 6.09 Å². The maximum atomic E-state index is 12.4. The molecule has 1 fully saturated rings. The highest BCUT2D eigenvalue weighted by atomic mass is 16.6. The molecule has 0 saturated carbocycles. The summed E-state index contributed by atoms with van der Waals surface area (Å²) >= 11 is 0. The van der Waals surface area contributed by atoms with Gasteiger partial charge in [-0.3, -0.25) is 5.43 Å². The van der Waals surface area contributed by atoms with Crippen LogP contribution in [0.25, 0.3) is 0 Å². The molecule has 1 heterocycles. The number of nitrogens with zero attached hydrogens (tertiary/aromatic N) is 1. The monoisotopic (exact) mass is 372 g/mol. The number of nitrogens with one attached hydrogen (secondary N) is 1. The van der Waals surface area contributed by atoms with Crippen molar-refractivity contribution in [3.05, 3.63) is 103 Å². The van der Waals surface area contributed by atoms with Gasteiger partial charge in [0.1, 0.15) is 11.5 Å². The molecule has 5 nitrogen and oxygen atoms in total. The molecule has 4 rings (SSSR count). The number of carbonyl (C=O) groups is 1. The van der Waals surface area contributed by atoms with Gasteiger partial charge in [0.05, 0.1) is 11.4 Å². The molecular formula is C23H20N2O3. The molecule has 28 heavy (non-hydrogen) atoms. The van der Waals surface area contributed by atoms with E-state index >= 15 is 0 Å². The second-order valence-electron chi connectivity index (χ2n) is 6.60. The van der Waals surface area contributed by atoms with Crippen molar-refractivity contribution < 1.29 is 14.3 Å². The zero-order chi connectivity index (χ0) is 19.6. The van der Waals surface area contributed by atoms with Crippen LogP contribution in [0.15, 0.2) is 97.2 Å². The summed E-state index contributed by atoms with van der Waals surface area (Å²) in [5, 5.41) is 1.34. The fourth-order valence-electron chi connectivity index (χ4n) is 3.05. The van der Waals surface area contributed by atoms with Crippen LogP contribution in [-0.2, 0) is 10.3 Å². The van der Waals surface area contributed by atoms with E-state index in [2.05, 4.69) is 12.0 Å².